The molecule has 0 aliphatic rings. The van der Waals surface area contributed by atoms with E-state index >= 15 is 0 Å². The van der Waals surface area contributed by atoms with E-state index in [1.54, 1.807) is 18.2 Å². The predicted molar refractivity (Wildman–Crippen MR) is 108 cm³/mol. The summed E-state index contributed by atoms with van der Waals surface area (Å²) in [5.74, 6) is -1.49. The van der Waals surface area contributed by atoms with E-state index in [0.717, 1.165) is 6.07 Å². The van der Waals surface area contributed by atoms with Gasteiger partial charge in [0.05, 0.1) is 28.7 Å². The first-order valence-corrected chi connectivity index (χ1v) is 8.89. The Morgan fingerprint density at radius 3 is 2.70 bits per heavy atom. The number of nitrogens with zero attached hydrogens (tertiary/aromatic N) is 2. The number of hydrogen-bond donors (Lipinski definition) is 2. The zero-order valence-electron chi connectivity index (χ0n) is 16.4. The van der Waals surface area contributed by atoms with Crippen LogP contribution < -0.4 is 10.6 Å². The Hall–Kier alpha value is -3.97. The van der Waals surface area contributed by atoms with Gasteiger partial charge in [0.15, 0.2) is 6.10 Å². The van der Waals surface area contributed by atoms with Gasteiger partial charge in [0.25, 0.3) is 11.6 Å². The Labute approximate surface area is 172 Å². The molecule has 1 amide bonds. The molecule has 2 aromatic carbocycles. The van der Waals surface area contributed by atoms with Crippen LogP contribution in [0.2, 0.25) is 0 Å². The number of esters is 1. The fourth-order valence-electron chi connectivity index (χ4n) is 2.44. The summed E-state index contributed by atoms with van der Waals surface area (Å²) >= 11 is 0. The molecule has 0 unspecified atom stereocenters. The van der Waals surface area contributed by atoms with Crippen molar-refractivity contribution in [1.29, 1.82) is 5.26 Å². The maximum atomic E-state index is 12.4. The van der Waals surface area contributed by atoms with Gasteiger partial charge in [0.1, 0.15) is 5.69 Å². The number of carbonyl (C=O) groups is 2. The molecule has 0 saturated heterocycles. The third-order valence-corrected chi connectivity index (χ3v) is 3.96. The molecule has 10 heteroatoms. The summed E-state index contributed by atoms with van der Waals surface area (Å²) in [5, 5.41) is 25.6. The number of hydrogen-bond acceptors (Lipinski definition) is 8. The molecule has 0 heterocycles. The predicted octanol–water partition coefficient (Wildman–Crippen LogP) is 2.71. The molecule has 30 heavy (non-hydrogen) atoms. The first-order chi connectivity index (χ1) is 14.3. The highest BCUT2D eigenvalue weighted by Crippen LogP contribution is 2.26. The monoisotopic (exact) mass is 412 g/mol. The lowest BCUT2D eigenvalue weighted by Crippen LogP contribution is -2.30. The average molecular weight is 412 g/mol. The van der Waals surface area contributed by atoms with E-state index < -0.39 is 22.9 Å². The van der Waals surface area contributed by atoms with Crippen molar-refractivity contribution in [3.8, 4) is 6.07 Å². The van der Waals surface area contributed by atoms with Gasteiger partial charge in [-0.1, -0.05) is 6.07 Å². The normalized spacial score (nSPS) is 11.1. The van der Waals surface area contributed by atoms with Crippen molar-refractivity contribution in [2.24, 2.45) is 0 Å². The molecule has 0 aromatic heterocycles. The van der Waals surface area contributed by atoms with Crippen LogP contribution in [-0.2, 0) is 14.3 Å². The molecular weight excluding hydrogens is 392 g/mol. The van der Waals surface area contributed by atoms with Crippen molar-refractivity contribution in [1.82, 2.24) is 0 Å². The van der Waals surface area contributed by atoms with Crippen LogP contribution in [0.4, 0.5) is 17.1 Å². The molecule has 0 saturated carbocycles. The van der Waals surface area contributed by atoms with Crippen molar-refractivity contribution in [2.45, 2.75) is 13.0 Å². The number of carbonyl (C=O) groups excluding carboxylic acids is 2. The van der Waals surface area contributed by atoms with Gasteiger partial charge in [-0.25, -0.2) is 4.79 Å². The lowest BCUT2D eigenvalue weighted by molar-refractivity contribution is -0.384. The van der Waals surface area contributed by atoms with E-state index in [0.29, 0.717) is 24.4 Å². The molecule has 0 bridgehead atoms. The van der Waals surface area contributed by atoms with E-state index in [9.17, 15) is 19.7 Å². The molecule has 156 valence electrons. The number of nitriles is 1. The molecular formula is C20H20N4O6. The molecule has 0 aliphatic carbocycles. The minimum Gasteiger partial charge on any atom is -0.449 e. The molecule has 0 spiro atoms. The number of amides is 1. The van der Waals surface area contributed by atoms with E-state index in [2.05, 4.69) is 10.6 Å². The Kier molecular flexibility index (Phi) is 7.84. The average Bonchev–Trinajstić information content (AvgIpc) is 2.73. The highest BCUT2D eigenvalue weighted by Gasteiger charge is 2.22. The van der Waals surface area contributed by atoms with Crippen molar-refractivity contribution >= 4 is 28.9 Å². The van der Waals surface area contributed by atoms with Gasteiger partial charge in [0, 0.05) is 25.4 Å². The number of nitrogens with one attached hydrogen (secondary N) is 2. The van der Waals surface area contributed by atoms with Crippen molar-refractivity contribution in [3.05, 3.63) is 63.7 Å². The van der Waals surface area contributed by atoms with Crippen LogP contribution in [0.3, 0.4) is 0 Å². The summed E-state index contributed by atoms with van der Waals surface area (Å²) in [7, 11) is 1.51. The van der Waals surface area contributed by atoms with Gasteiger partial charge in [-0.05, 0) is 37.3 Å². The molecule has 0 aliphatic heterocycles. The second kappa shape index (κ2) is 10.5. The van der Waals surface area contributed by atoms with E-state index in [1.165, 1.54) is 32.2 Å². The zero-order chi connectivity index (χ0) is 22.1. The fraction of sp³-hybridized carbons (Fsp3) is 0.250. The fourth-order valence-corrected chi connectivity index (χ4v) is 2.44. The Bertz CT molecular complexity index is 986. The Morgan fingerprint density at radius 2 is 2.03 bits per heavy atom. The summed E-state index contributed by atoms with van der Waals surface area (Å²) in [6, 6.07) is 12.0. The first-order valence-electron chi connectivity index (χ1n) is 8.89. The smallest absolute Gasteiger partial charge is 0.339 e. The zero-order valence-corrected chi connectivity index (χ0v) is 16.4. The molecule has 2 rings (SSSR count). The summed E-state index contributed by atoms with van der Waals surface area (Å²) in [6.45, 7) is 2.08. The molecule has 1 atom stereocenters. The number of ether oxygens (including phenoxy) is 2. The number of nitro groups is 1. The number of nitro benzene ring substituents is 1. The summed E-state index contributed by atoms with van der Waals surface area (Å²) < 4.78 is 10.0. The van der Waals surface area contributed by atoms with Gasteiger partial charge in [-0.3, -0.25) is 14.9 Å². The van der Waals surface area contributed by atoms with Gasteiger partial charge in [-0.2, -0.15) is 5.26 Å². The standard InChI is InChI=1S/C20H20N4O6/c1-13(19(25)23-16-5-3-4-14(10-16)12-21)30-20(26)15-6-7-17(22-8-9-29-2)18(11-15)24(27)28/h3-7,10-11,13,22H,8-9H2,1-2H3,(H,23,25)/t13-/m0/s1. The van der Waals surface area contributed by atoms with Gasteiger partial charge >= 0.3 is 5.97 Å². The minimum absolute atomic E-state index is 0.0647. The topological polar surface area (TPSA) is 144 Å². The second-order valence-corrected chi connectivity index (χ2v) is 6.14. The largest absolute Gasteiger partial charge is 0.449 e. The molecule has 2 N–H and O–H groups in total. The lowest BCUT2D eigenvalue weighted by atomic mass is 10.1. The van der Waals surface area contributed by atoms with Crippen molar-refractivity contribution < 1.29 is 24.0 Å². The highest BCUT2D eigenvalue weighted by molar-refractivity contribution is 5.98. The third-order valence-electron chi connectivity index (χ3n) is 3.96. The maximum Gasteiger partial charge on any atom is 0.339 e. The Balaban J connectivity index is 2.06. The second-order valence-electron chi connectivity index (χ2n) is 6.14. The lowest BCUT2D eigenvalue weighted by Gasteiger charge is -2.14. The molecule has 0 fully saturated rings. The van der Waals surface area contributed by atoms with E-state index in [4.69, 9.17) is 14.7 Å². The number of methoxy groups -OCH3 is 1. The quantitative estimate of drug-likeness (QED) is 0.277. The molecule has 10 nitrogen and oxygen atoms in total. The van der Waals surface area contributed by atoms with Gasteiger partial charge in [-0.15, -0.1) is 0 Å². The molecule has 2 aromatic rings. The van der Waals surface area contributed by atoms with Gasteiger partial charge in [0.2, 0.25) is 0 Å². The van der Waals surface area contributed by atoms with Crippen molar-refractivity contribution in [3.63, 3.8) is 0 Å². The van der Waals surface area contributed by atoms with Crippen LogP contribution in [0.5, 0.6) is 0 Å². The molecule has 0 radical (unpaired) electrons. The number of benzene rings is 2. The van der Waals surface area contributed by atoms with E-state index in [1.807, 2.05) is 6.07 Å². The van der Waals surface area contributed by atoms with Crippen LogP contribution in [0, 0.1) is 21.4 Å². The minimum atomic E-state index is -1.16. The number of rotatable bonds is 9. The first kappa shape index (κ1) is 22.3. The van der Waals surface area contributed by atoms with Crippen LogP contribution in [-0.4, -0.2) is 43.2 Å². The van der Waals surface area contributed by atoms with Crippen LogP contribution in [0.1, 0.15) is 22.8 Å². The van der Waals surface area contributed by atoms with Gasteiger partial charge < -0.3 is 20.1 Å². The maximum absolute atomic E-state index is 12.4. The van der Waals surface area contributed by atoms with Crippen molar-refractivity contribution in [2.75, 3.05) is 30.9 Å². The SMILES string of the molecule is COCCNc1ccc(C(=O)O[C@@H](C)C(=O)Nc2cccc(C#N)c2)cc1[N+](=O)[O-]. The Morgan fingerprint density at radius 1 is 1.27 bits per heavy atom. The summed E-state index contributed by atoms with van der Waals surface area (Å²) in [5.41, 5.74) is 0.612. The third kappa shape index (κ3) is 6.02. The summed E-state index contributed by atoms with van der Waals surface area (Å²) in [4.78, 5) is 35.3. The van der Waals surface area contributed by atoms with Crippen LogP contribution in [0.25, 0.3) is 0 Å². The van der Waals surface area contributed by atoms with E-state index in [-0.39, 0.29) is 16.9 Å². The summed E-state index contributed by atoms with van der Waals surface area (Å²) in [6.07, 6.45) is -1.16. The van der Waals surface area contributed by atoms with Crippen LogP contribution in [0.15, 0.2) is 42.5 Å². The highest BCUT2D eigenvalue weighted by atomic mass is 16.6. The van der Waals surface area contributed by atoms with Crippen LogP contribution >= 0.6 is 0 Å². The number of anilines is 2.